The van der Waals surface area contributed by atoms with Gasteiger partial charge in [0.25, 0.3) is 0 Å². The van der Waals surface area contributed by atoms with Crippen LogP contribution >= 0.6 is 11.3 Å². The summed E-state index contributed by atoms with van der Waals surface area (Å²) >= 11 is 1.45. The molecule has 0 bridgehead atoms. The summed E-state index contributed by atoms with van der Waals surface area (Å²) in [6.45, 7) is 4.40. The van der Waals surface area contributed by atoms with E-state index in [2.05, 4.69) is 21.7 Å². The lowest BCUT2D eigenvalue weighted by Crippen LogP contribution is -2.23. The highest BCUT2D eigenvalue weighted by atomic mass is 32.1. The van der Waals surface area contributed by atoms with E-state index in [0.717, 1.165) is 21.3 Å². The van der Waals surface area contributed by atoms with Crippen molar-refractivity contribution in [1.29, 1.82) is 0 Å². The molecule has 0 spiro atoms. The van der Waals surface area contributed by atoms with Gasteiger partial charge in [-0.15, -0.1) is 0 Å². The fraction of sp³-hybridized carbons (Fsp3) is 0.286. The van der Waals surface area contributed by atoms with Crippen LogP contribution in [0.4, 0.5) is 5.13 Å². The summed E-state index contributed by atoms with van der Waals surface area (Å²) in [6, 6.07) is 14.1. The van der Waals surface area contributed by atoms with Crippen molar-refractivity contribution in [1.82, 2.24) is 10.3 Å². The predicted molar refractivity (Wildman–Crippen MR) is 110 cm³/mol. The van der Waals surface area contributed by atoms with Crippen molar-refractivity contribution in [2.24, 2.45) is 0 Å². The van der Waals surface area contributed by atoms with Crippen molar-refractivity contribution in [3.8, 4) is 0 Å². The Morgan fingerprint density at radius 3 is 2.70 bits per heavy atom. The molecule has 3 rings (SSSR count). The number of carbonyl (C=O) groups excluding carboxylic acids is 2. The highest BCUT2D eigenvalue weighted by Crippen LogP contribution is 2.27. The number of aryl methyl sites for hydroxylation is 2. The number of thiazole rings is 1. The Labute approximate surface area is 162 Å². The maximum absolute atomic E-state index is 12.1. The van der Waals surface area contributed by atoms with E-state index in [1.165, 1.54) is 16.9 Å². The van der Waals surface area contributed by atoms with Crippen LogP contribution < -0.4 is 10.6 Å². The number of carbonyl (C=O) groups is 2. The van der Waals surface area contributed by atoms with E-state index in [0.29, 0.717) is 30.9 Å². The summed E-state index contributed by atoms with van der Waals surface area (Å²) in [7, 11) is 0. The fourth-order valence-corrected chi connectivity index (χ4v) is 3.70. The van der Waals surface area contributed by atoms with Gasteiger partial charge in [-0.3, -0.25) is 9.59 Å². The number of fused-ring (bicyclic) bond motifs is 1. The molecule has 0 aliphatic heterocycles. The number of benzene rings is 2. The molecule has 0 radical (unpaired) electrons. The summed E-state index contributed by atoms with van der Waals surface area (Å²) in [5.74, 6) is -0.00336. The Morgan fingerprint density at radius 1 is 1.07 bits per heavy atom. The number of aromatic nitrogens is 1. The zero-order chi connectivity index (χ0) is 19.2. The van der Waals surface area contributed by atoms with Gasteiger partial charge in [-0.25, -0.2) is 4.98 Å². The zero-order valence-corrected chi connectivity index (χ0v) is 16.4. The molecule has 1 heterocycles. The maximum atomic E-state index is 12.1. The van der Waals surface area contributed by atoms with Crippen LogP contribution in [0.25, 0.3) is 10.2 Å². The minimum absolute atomic E-state index is 0.0387. The van der Waals surface area contributed by atoms with E-state index in [9.17, 15) is 9.59 Å². The van der Waals surface area contributed by atoms with Crippen LogP contribution in [-0.4, -0.2) is 16.8 Å². The summed E-state index contributed by atoms with van der Waals surface area (Å²) in [5, 5.41) is 6.38. The molecule has 0 saturated carbocycles. The van der Waals surface area contributed by atoms with Crippen LogP contribution in [0, 0.1) is 6.92 Å². The first-order valence-electron chi connectivity index (χ1n) is 9.05. The highest BCUT2D eigenvalue weighted by molar-refractivity contribution is 7.22. The monoisotopic (exact) mass is 381 g/mol. The van der Waals surface area contributed by atoms with Crippen LogP contribution in [0.2, 0.25) is 0 Å². The van der Waals surface area contributed by atoms with Gasteiger partial charge >= 0.3 is 0 Å². The van der Waals surface area contributed by atoms with Crippen LogP contribution in [0.5, 0.6) is 0 Å². The van der Waals surface area contributed by atoms with Gasteiger partial charge in [-0.1, -0.05) is 54.2 Å². The summed E-state index contributed by atoms with van der Waals surface area (Å²) in [5.41, 5.74) is 4.24. The SMILES string of the molecule is CCC(=O)Nc1nc2ccc(CCC(=O)NCc3cccc(C)c3)cc2s1. The van der Waals surface area contributed by atoms with Crippen molar-refractivity contribution in [3.05, 3.63) is 59.2 Å². The lowest BCUT2D eigenvalue weighted by Gasteiger charge is -2.06. The van der Waals surface area contributed by atoms with E-state index >= 15 is 0 Å². The number of hydrogen-bond acceptors (Lipinski definition) is 4. The van der Waals surface area contributed by atoms with E-state index < -0.39 is 0 Å². The maximum Gasteiger partial charge on any atom is 0.225 e. The normalized spacial score (nSPS) is 10.7. The first kappa shape index (κ1) is 19.0. The second-order valence-corrected chi connectivity index (χ2v) is 7.52. The molecule has 0 unspecified atom stereocenters. The lowest BCUT2D eigenvalue weighted by molar-refractivity contribution is -0.121. The third-order valence-electron chi connectivity index (χ3n) is 4.23. The quantitative estimate of drug-likeness (QED) is 0.644. The Morgan fingerprint density at radius 2 is 1.93 bits per heavy atom. The van der Waals surface area contributed by atoms with Gasteiger partial charge in [0.2, 0.25) is 11.8 Å². The second-order valence-electron chi connectivity index (χ2n) is 6.49. The van der Waals surface area contributed by atoms with Crippen LogP contribution in [0.3, 0.4) is 0 Å². The molecule has 2 aromatic carbocycles. The minimum Gasteiger partial charge on any atom is -0.352 e. The average molecular weight is 382 g/mol. The molecule has 0 fully saturated rings. The Kier molecular flexibility index (Phi) is 6.19. The minimum atomic E-state index is -0.0421. The van der Waals surface area contributed by atoms with E-state index in [1.54, 1.807) is 0 Å². The van der Waals surface area contributed by atoms with Crippen molar-refractivity contribution < 1.29 is 9.59 Å². The Bertz CT molecular complexity index is 965. The third-order valence-corrected chi connectivity index (χ3v) is 5.17. The van der Waals surface area contributed by atoms with E-state index in [4.69, 9.17) is 0 Å². The molecule has 140 valence electrons. The molecule has 5 nitrogen and oxygen atoms in total. The van der Waals surface area contributed by atoms with Gasteiger partial charge in [0.05, 0.1) is 10.2 Å². The standard InChI is InChI=1S/C21H23N3O2S/c1-3-19(25)24-21-23-17-9-7-15(12-18(17)27-21)8-10-20(26)22-13-16-6-4-5-14(2)11-16/h4-7,9,11-12H,3,8,10,13H2,1-2H3,(H,22,26)(H,23,24,25). The molecule has 1 aromatic heterocycles. The molecule has 6 heteroatoms. The second kappa shape index (κ2) is 8.77. The van der Waals surface area contributed by atoms with Crippen molar-refractivity contribution in [2.45, 2.75) is 39.7 Å². The molecule has 0 saturated heterocycles. The largest absolute Gasteiger partial charge is 0.352 e. The molecule has 27 heavy (non-hydrogen) atoms. The van der Waals surface area contributed by atoms with Crippen molar-refractivity contribution >= 4 is 38.5 Å². The highest BCUT2D eigenvalue weighted by Gasteiger charge is 2.08. The molecule has 2 N–H and O–H groups in total. The smallest absolute Gasteiger partial charge is 0.225 e. The number of hydrogen-bond donors (Lipinski definition) is 2. The van der Waals surface area contributed by atoms with Crippen LogP contribution in [-0.2, 0) is 22.6 Å². The van der Waals surface area contributed by atoms with Gasteiger partial charge in [0, 0.05) is 19.4 Å². The lowest BCUT2D eigenvalue weighted by atomic mass is 10.1. The third kappa shape index (κ3) is 5.37. The Balaban J connectivity index is 1.54. The van der Waals surface area contributed by atoms with E-state index in [1.807, 2.05) is 50.2 Å². The van der Waals surface area contributed by atoms with Crippen molar-refractivity contribution in [2.75, 3.05) is 5.32 Å². The van der Waals surface area contributed by atoms with Gasteiger partial charge in [-0.05, 0) is 36.6 Å². The summed E-state index contributed by atoms with van der Waals surface area (Å²) in [6.07, 6.45) is 1.54. The summed E-state index contributed by atoms with van der Waals surface area (Å²) < 4.78 is 1.01. The number of nitrogens with one attached hydrogen (secondary N) is 2. The fourth-order valence-electron chi connectivity index (χ4n) is 2.75. The first-order valence-corrected chi connectivity index (χ1v) is 9.86. The number of anilines is 1. The van der Waals surface area contributed by atoms with Gasteiger partial charge in [-0.2, -0.15) is 0 Å². The van der Waals surface area contributed by atoms with Gasteiger partial charge in [0.15, 0.2) is 5.13 Å². The first-order chi connectivity index (χ1) is 13.0. The summed E-state index contributed by atoms with van der Waals surface area (Å²) in [4.78, 5) is 28.0. The van der Waals surface area contributed by atoms with Crippen molar-refractivity contribution in [3.63, 3.8) is 0 Å². The van der Waals surface area contributed by atoms with E-state index in [-0.39, 0.29) is 11.8 Å². The van der Waals surface area contributed by atoms with Crippen LogP contribution in [0.1, 0.15) is 36.5 Å². The molecular weight excluding hydrogens is 358 g/mol. The molecule has 3 aromatic rings. The molecule has 0 atom stereocenters. The average Bonchev–Trinajstić information content (AvgIpc) is 3.06. The topological polar surface area (TPSA) is 71.1 Å². The molecule has 0 aliphatic rings. The zero-order valence-electron chi connectivity index (χ0n) is 15.5. The Hall–Kier alpha value is -2.73. The number of amides is 2. The van der Waals surface area contributed by atoms with Crippen LogP contribution in [0.15, 0.2) is 42.5 Å². The molecule has 0 aliphatic carbocycles. The predicted octanol–water partition coefficient (Wildman–Crippen LogP) is 4.20. The molecule has 2 amide bonds. The number of rotatable bonds is 7. The molecular formula is C21H23N3O2S. The van der Waals surface area contributed by atoms with Gasteiger partial charge in [0.1, 0.15) is 0 Å². The number of nitrogens with zero attached hydrogens (tertiary/aromatic N) is 1. The van der Waals surface area contributed by atoms with Gasteiger partial charge < -0.3 is 10.6 Å².